The van der Waals surface area contributed by atoms with Crippen molar-refractivity contribution in [2.24, 2.45) is 0 Å². The van der Waals surface area contributed by atoms with Gasteiger partial charge in [0.25, 0.3) is 11.1 Å². The van der Waals surface area contributed by atoms with Gasteiger partial charge in [-0.3, -0.25) is 14.5 Å². The molecule has 2 amide bonds. The third-order valence-corrected chi connectivity index (χ3v) is 4.49. The van der Waals surface area contributed by atoms with E-state index in [1.807, 2.05) is 0 Å². The van der Waals surface area contributed by atoms with Gasteiger partial charge in [-0.15, -0.1) is 0 Å². The van der Waals surface area contributed by atoms with Gasteiger partial charge in [0.2, 0.25) is 0 Å². The summed E-state index contributed by atoms with van der Waals surface area (Å²) in [5.41, 5.74) is 0.564. The van der Waals surface area contributed by atoms with Crippen LogP contribution in [0.5, 0.6) is 11.5 Å². The van der Waals surface area contributed by atoms with Crippen molar-refractivity contribution >= 4 is 46.6 Å². The number of nitrogens with zero attached hydrogens (tertiary/aromatic N) is 1. The summed E-state index contributed by atoms with van der Waals surface area (Å²) in [5.74, 6) is -0.431. The van der Waals surface area contributed by atoms with Crippen LogP contribution >= 0.6 is 23.4 Å². The Bertz CT molecular complexity index is 748. The molecular weight excluding hydrogens is 370 g/mol. The van der Waals surface area contributed by atoms with E-state index in [2.05, 4.69) is 4.74 Å². The molecule has 1 saturated heterocycles. The van der Waals surface area contributed by atoms with E-state index in [4.69, 9.17) is 21.1 Å². The molecule has 1 aromatic rings. The van der Waals surface area contributed by atoms with Crippen LogP contribution in [0.4, 0.5) is 4.79 Å². The van der Waals surface area contributed by atoms with Gasteiger partial charge in [0.05, 0.1) is 24.1 Å². The second-order valence-corrected chi connectivity index (χ2v) is 6.23. The van der Waals surface area contributed by atoms with Crippen LogP contribution in [0.15, 0.2) is 17.0 Å². The Kier molecular flexibility index (Phi) is 6.33. The quantitative estimate of drug-likeness (QED) is 0.550. The fourth-order valence-corrected chi connectivity index (χ4v) is 3.25. The van der Waals surface area contributed by atoms with Gasteiger partial charge in [-0.1, -0.05) is 11.6 Å². The van der Waals surface area contributed by atoms with E-state index in [1.165, 1.54) is 14.2 Å². The van der Waals surface area contributed by atoms with Gasteiger partial charge in [0, 0.05) is 6.54 Å². The number of hydrogen-bond donors (Lipinski definition) is 0. The predicted octanol–water partition coefficient (Wildman–Crippen LogP) is 2.96. The van der Waals surface area contributed by atoms with Crippen molar-refractivity contribution in [1.82, 2.24) is 4.90 Å². The monoisotopic (exact) mass is 385 g/mol. The Morgan fingerprint density at radius 2 is 2.04 bits per heavy atom. The van der Waals surface area contributed by atoms with Crippen LogP contribution in [0.25, 0.3) is 6.08 Å². The van der Waals surface area contributed by atoms with Crippen LogP contribution in [-0.4, -0.2) is 49.4 Å². The molecule has 1 fully saturated rings. The molecule has 0 N–H and O–H groups in total. The zero-order valence-corrected chi connectivity index (χ0v) is 15.4. The summed E-state index contributed by atoms with van der Waals surface area (Å²) in [5, 5.41) is -0.112. The summed E-state index contributed by atoms with van der Waals surface area (Å²) < 4.78 is 15.1. The maximum Gasteiger partial charge on any atom is 0.343 e. The molecule has 0 aliphatic carbocycles. The van der Waals surface area contributed by atoms with Crippen molar-refractivity contribution in [2.75, 3.05) is 27.4 Å². The Labute approximate surface area is 153 Å². The van der Waals surface area contributed by atoms with Crippen molar-refractivity contribution in [3.63, 3.8) is 0 Å². The number of benzene rings is 1. The van der Waals surface area contributed by atoms with Crippen LogP contribution in [-0.2, 0) is 14.3 Å². The molecule has 7 nitrogen and oxygen atoms in total. The van der Waals surface area contributed by atoms with Crippen molar-refractivity contribution in [3.05, 3.63) is 27.6 Å². The van der Waals surface area contributed by atoms with Crippen molar-refractivity contribution in [1.29, 1.82) is 0 Å². The van der Waals surface area contributed by atoms with Gasteiger partial charge in [-0.05, 0) is 42.5 Å². The molecule has 1 heterocycles. The Hall–Kier alpha value is -2.19. The van der Waals surface area contributed by atoms with E-state index >= 15 is 0 Å². The Morgan fingerprint density at radius 3 is 2.60 bits per heavy atom. The van der Waals surface area contributed by atoms with Crippen LogP contribution in [0.3, 0.4) is 0 Å². The number of ether oxygens (including phenoxy) is 3. The second-order valence-electron chi connectivity index (χ2n) is 4.82. The lowest BCUT2D eigenvalue weighted by Crippen LogP contribution is -2.27. The standard InChI is InChI=1S/C16H16ClNO6S/c1-4-18-15(20)12(25-16(18)21)7-9-5-10(17)14(11(6-9)22-2)24-8-13(19)23-3/h5-7H,4,8H2,1-3H3/b12-7+. The minimum Gasteiger partial charge on any atom is -0.493 e. The molecule has 0 spiro atoms. The smallest absolute Gasteiger partial charge is 0.343 e. The highest BCUT2D eigenvalue weighted by atomic mass is 35.5. The number of rotatable bonds is 6. The predicted molar refractivity (Wildman–Crippen MR) is 93.9 cm³/mol. The number of amides is 2. The number of halogens is 1. The first-order valence-electron chi connectivity index (χ1n) is 7.23. The van der Waals surface area contributed by atoms with Gasteiger partial charge in [-0.2, -0.15) is 0 Å². The number of imide groups is 1. The molecule has 1 aliphatic rings. The second kappa shape index (κ2) is 8.26. The van der Waals surface area contributed by atoms with Gasteiger partial charge >= 0.3 is 5.97 Å². The zero-order valence-electron chi connectivity index (χ0n) is 13.8. The molecule has 25 heavy (non-hydrogen) atoms. The molecule has 0 aromatic heterocycles. The maximum absolute atomic E-state index is 12.1. The Balaban J connectivity index is 2.30. The summed E-state index contributed by atoms with van der Waals surface area (Å²) in [6, 6.07) is 3.15. The van der Waals surface area contributed by atoms with Crippen LogP contribution in [0.1, 0.15) is 12.5 Å². The summed E-state index contributed by atoms with van der Waals surface area (Å²) in [4.78, 5) is 36.6. The largest absolute Gasteiger partial charge is 0.493 e. The summed E-state index contributed by atoms with van der Waals surface area (Å²) in [6.45, 7) is 1.72. The lowest BCUT2D eigenvalue weighted by atomic mass is 10.1. The highest BCUT2D eigenvalue weighted by Crippen LogP contribution is 2.38. The first kappa shape index (κ1) is 19.1. The first-order valence-corrected chi connectivity index (χ1v) is 8.43. The first-order chi connectivity index (χ1) is 11.9. The van der Waals surface area contributed by atoms with Gasteiger partial charge < -0.3 is 14.2 Å². The number of hydrogen-bond acceptors (Lipinski definition) is 7. The molecule has 134 valence electrons. The molecule has 0 saturated carbocycles. The molecular formula is C16H16ClNO6S. The van der Waals surface area contributed by atoms with Gasteiger partial charge in [0.15, 0.2) is 18.1 Å². The molecule has 0 bridgehead atoms. The molecule has 9 heteroatoms. The van der Waals surface area contributed by atoms with Crippen LogP contribution in [0.2, 0.25) is 5.02 Å². The van der Waals surface area contributed by atoms with E-state index in [1.54, 1.807) is 25.1 Å². The van der Waals surface area contributed by atoms with Gasteiger partial charge in [-0.25, -0.2) is 4.79 Å². The maximum atomic E-state index is 12.1. The SMILES string of the molecule is CCN1C(=O)S/C(=C/c2cc(Cl)c(OCC(=O)OC)c(OC)c2)C1=O. The molecule has 0 atom stereocenters. The highest BCUT2D eigenvalue weighted by molar-refractivity contribution is 8.18. The van der Waals surface area contributed by atoms with Gasteiger partial charge in [0.1, 0.15) is 0 Å². The number of esters is 1. The van der Waals surface area contributed by atoms with Crippen molar-refractivity contribution in [3.8, 4) is 11.5 Å². The number of carbonyl (C=O) groups excluding carboxylic acids is 3. The molecule has 1 aliphatic heterocycles. The average molecular weight is 386 g/mol. The van der Waals surface area contributed by atoms with Crippen molar-refractivity contribution < 1.29 is 28.6 Å². The average Bonchev–Trinajstić information content (AvgIpc) is 2.86. The minimum atomic E-state index is -0.560. The van der Waals surface area contributed by atoms with E-state index in [9.17, 15) is 14.4 Å². The molecule has 1 aromatic carbocycles. The van der Waals surface area contributed by atoms with Crippen LogP contribution in [0, 0.1) is 0 Å². The molecule has 0 radical (unpaired) electrons. The summed E-state index contributed by atoms with van der Waals surface area (Å²) in [6.07, 6.45) is 1.55. The number of methoxy groups -OCH3 is 2. The fraction of sp³-hybridized carbons (Fsp3) is 0.312. The lowest BCUT2D eigenvalue weighted by Gasteiger charge is -2.12. The van der Waals surface area contributed by atoms with E-state index in [0.717, 1.165) is 16.7 Å². The Morgan fingerprint density at radius 1 is 1.32 bits per heavy atom. The van der Waals surface area contributed by atoms with E-state index in [-0.39, 0.29) is 34.3 Å². The van der Waals surface area contributed by atoms with Crippen molar-refractivity contribution in [2.45, 2.75) is 6.92 Å². The normalized spacial score (nSPS) is 15.7. The van der Waals surface area contributed by atoms with Crippen LogP contribution < -0.4 is 9.47 Å². The summed E-state index contributed by atoms with van der Waals surface area (Å²) >= 11 is 7.06. The van der Waals surface area contributed by atoms with E-state index < -0.39 is 5.97 Å². The number of thioether (sulfide) groups is 1. The van der Waals surface area contributed by atoms with E-state index in [0.29, 0.717) is 17.0 Å². The third kappa shape index (κ3) is 4.26. The highest BCUT2D eigenvalue weighted by Gasteiger charge is 2.33. The molecule has 2 rings (SSSR count). The zero-order chi connectivity index (χ0) is 18.6. The topological polar surface area (TPSA) is 82.1 Å². The lowest BCUT2D eigenvalue weighted by molar-refractivity contribution is -0.142. The minimum absolute atomic E-state index is 0.188. The summed E-state index contributed by atoms with van der Waals surface area (Å²) in [7, 11) is 2.67. The molecule has 0 unspecified atom stereocenters. The number of carbonyl (C=O) groups is 3. The fourth-order valence-electron chi connectivity index (χ4n) is 2.08. The third-order valence-electron chi connectivity index (χ3n) is 3.30. The number of likely N-dealkylation sites (N-methyl/N-ethyl adjacent to an activating group) is 1.